The van der Waals surface area contributed by atoms with Crippen molar-refractivity contribution in [3.63, 3.8) is 0 Å². The highest BCUT2D eigenvalue weighted by Gasteiger charge is 2.30. The van der Waals surface area contributed by atoms with E-state index >= 15 is 0 Å². The van der Waals surface area contributed by atoms with Crippen LogP contribution in [-0.4, -0.2) is 34.8 Å². The number of amides is 1. The zero-order valence-electron chi connectivity index (χ0n) is 14.0. The van der Waals surface area contributed by atoms with Gasteiger partial charge < -0.3 is 15.4 Å². The minimum absolute atomic E-state index is 0.0753. The third-order valence-electron chi connectivity index (χ3n) is 2.78. The highest BCUT2D eigenvalue weighted by atomic mass is 32.2. The Morgan fingerprint density at radius 1 is 1.27 bits per heavy atom. The molecular formula is C15H17F3N4O2S2. The number of hydrogen-bond acceptors (Lipinski definition) is 7. The number of nitrogens with one attached hydrogen (secondary N) is 2. The van der Waals surface area contributed by atoms with E-state index in [4.69, 9.17) is 0 Å². The Hall–Kier alpha value is -2.01. The lowest BCUT2D eigenvalue weighted by molar-refractivity contribution is -0.274. The van der Waals surface area contributed by atoms with Crippen molar-refractivity contribution in [1.29, 1.82) is 0 Å². The highest BCUT2D eigenvalue weighted by Crippen LogP contribution is 2.29. The maximum absolute atomic E-state index is 12.1. The van der Waals surface area contributed by atoms with E-state index < -0.39 is 6.36 Å². The van der Waals surface area contributed by atoms with E-state index in [0.29, 0.717) is 27.6 Å². The predicted molar refractivity (Wildman–Crippen MR) is 94.9 cm³/mol. The Balaban J connectivity index is 1.83. The first kappa shape index (κ1) is 20.3. The molecule has 0 aliphatic carbocycles. The summed E-state index contributed by atoms with van der Waals surface area (Å²) in [5.41, 5.74) is 0.543. The third kappa shape index (κ3) is 7.48. The minimum atomic E-state index is -4.72. The number of hydrogen-bond donors (Lipinski definition) is 2. The number of carbonyl (C=O) groups is 1. The molecule has 0 unspecified atom stereocenters. The van der Waals surface area contributed by atoms with Crippen LogP contribution >= 0.6 is 23.1 Å². The molecular weight excluding hydrogens is 389 g/mol. The molecule has 0 aliphatic heterocycles. The maximum atomic E-state index is 12.1. The molecule has 1 aromatic carbocycles. The van der Waals surface area contributed by atoms with Crippen LogP contribution in [0.3, 0.4) is 0 Å². The Kier molecular flexibility index (Phi) is 7.09. The average molecular weight is 406 g/mol. The molecule has 2 rings (SSSR count). The second kappa shape index (κ2) is 9.08. The van der Waals surface area contributed by atoms with E-state index in [1.165, 1.54) is 47.4 Å². The molecule has 1 heterocycles. The van der Waals surface area contributed by atoms with Crippen molar-refractivity contribution < 1.29 is 22.7 Å². The Labute approximate surface area is 156 Å². The number of halogens is 3. The lowest BCUT2D eigenvalue weighted by Gasteiger charge is -2.09. The molecule has 0 fully saturated rings. The van der Waals surface area contributed by atoms with Crippen LogP contribution in [0.5, 0.6) is 5.75 Å². The number of thioether (sulfide) groups is 1. The zero-order chi connectivity index (χ0) is 19.2. The highest BCUT2D eigenvalue weighted by molar-refractivity contribution is 8.01. The largest absolute Gasteiger partial charge is 0.573 e. The van der Waals surface area contributed by atoms with Crippen molar-refractivity contribution in [2.75, 3.05) is 17.6 Å². The molecule has 0 atom stereocenters. The molecule has 0 radical (unpaired) electrons. The lowest BCUT2D eigenvalue weighted by atomic mass is 10.2. The molecule has 11 heteroatoms. The van der Waals surface area contributed by atoms with Gasteiger partial charge in [0.1, 0.15) is 5.75 Å². The van der Waals surface area contributed by atoms with Gasteiger partial charge >= 0.3 is 6.36 Å². The predicted octanol–water partition coefficient (Wildman–Crippen LogP) is 4.04. The van der Waals surface area contributed by atoms with Crippen molar-refractivity contribution in [3.8, 4) is 5.75 Å². The molecule has 0 saturated heterocycles. The summed E-state index contributed by atoms with van der Waals surface area (Å²) in [5, 5.41) is 14.1. The average Bonchev–Trinajstić information content (AvgIpc) is 2.99. The van der Waals surface area contributed by atoms with E-state index in [1.807, 2.05) is 13.8 Å². The summed E-state index contributed by atoms with van der Waals surface area (Å²) < 4.78 is 40.8. The summed E-state index contributed by atoms with van der Waals surface area (Å²) in [6, 6.07) is 5.28. The van der Waals surface area contributed by atoms with Crippen LogP contribution in [-0.2, 0) is 4.79 Å². The lowest BCUT2D eigenvalue weighted by Crippen LogP contribution is -2.28. The molecule has 2 aromatic rings. The Morgan fingerprint density at radius 2 is 1.96 bits per heavy atom. The number of anilines is 2. The van der Waals surface area contributed by atoms with E-state index in [9.17, 15) is 18.0 Å². The van der Waals surface area contributed by atoms with Gasteiger partial charge in [-0.3, -0.25) is 4.79 Å². The van der Waals surface area contributed by atoms with Gasteiger partial charge in [0.2, 0.25) is 11.0 Å². The SMILES string of the molecule is CC(C)CNC(=O)CSc1nnc(Nc2ccc(OC(F)(F)F)cc2)s1. The van der Waals surface area contributed by atoms with Gasteiger partial charge in [-0.1, -0.05) is 36.9 Å². The van der Waals surface area contributed by atoms with Gasteiger partial charge in [-0.25, -0.2) is 0 Å². The fourth-order valence-electron chi connectivity index (χ4n) is 1.68. The number of carbonyl (C=O) groups excluding carboxylic acids is 1. The molecule has 0 bridgehead atoms. The maximum Gasteiger partial charge on any atom is 0.573 e. The summed E-state index contributed by atoms with van der Waals surface area (Å²) in [5.74, 6) is 0.247. The fraction of sp³-hybridized carbons (Fsp3) is 0.400. The fourth-order valence-corrected chi connectivity index (χ4v) is 3.28. The van der Waals surface area contributed by atoms with Gasteiger partial charge in [0.25, 0.3) is 0 Å². The van der Waals surface area contributed by atoms with Gasteiger partial charge in [-0.15, -0.1) is 23.4 Å². The van der Waals surface area contributed by atoms with Crippen LogP contribution in [0.1, 0.15) is 13.8 Å². The van der Waals surface area contributed by atoms with Crippen LogP contribution < -0.4 is 15.4 Å². The molecule has 26 heavy (non-hydrogen) atoms. The van der Waals surface area contributed by atoms with Gasteiger partial charge in [0, 0.05) is 12.2 Å². The summed E-state index contributed by atoms with van der Waals surface area (Å²) in [6.45, 7) is 4.65. The number of aromatic nitrogens is 2. The Bertz CT molecular complexity index is 720. The minimum Gasteiger partial charge on any atom is -0.406 e. The molecule has 6 nitrogen and oxygen atoms in total. The van der Waals surface area contributed by atoms with Gasteiger partial charge in [0.15, 0.2) is 4.34 Å². The number of nitrogens with zero attached hydrogens (tertiary/aromatic N) is 2. The first-order valence-electron chi connectivity index (χ1n) is 7.57. The van der Waals surface area contributed by atoms with Crippen molar-refractivity contribution in [2.24, 2.45) is 5.92 Å². The molecule has 0 spiro atoms. The van der Waals surface area contributed by atoms with Gasteiger partial charge in [0.05, 0.1) is 5.75 Å². The molecule has 0 saturated carbocycles. The van der Waals surface area contributed by atoms with E-state index in [0.717, 1.165) is 0 Å². The van der Waals surface area contributed by atoms with Gasteiger partial charge in [-0.2, -0.15) is 0 Å². The smallest absolute Gasteiger partial charge is 0.406 e. The zero-order valence-corrected chi connectivity index (χ0v) is 15.6. The van der Waals surface area contributed by atoms with E-state index in [-0.39, 0.29) is 17.4 Å². The summed E-state index contributed by atoms with van der Waals surface area (Å²) >= 11 is 2.51. The summed E-state index contributed by atoms with van der Waals surface area (Å²) in [6.07, 6.45) is -4.72. The van der Waals surface area contributed by atoms with E-state index in [1.54, 1.807) is 0 Å². The third-order valence-corrected chi connectivity index (χ3v) is 4.75. The first-order chi connectivity index (χ1) is 12.2. The van der Waals surface area contributed by atoms with Crippen molar-refractivity contribution in [3.05, 3.63) is 24.3 Å². The molecule has 142 valence electrons. The van der Waals surface area contributed by atoms with Crippen molar-refractivity contribution in [2.45, 2.75) is 24.5 Å². The van der Waals surface area contributed by atoms with E-state index in [2.05, 4.69) is 25.6 Å². The van der Waals surface area contributed by atoms with Crippen LogP contribution in [0, 0.1) is 5.92 Å². The standard InChI is InChI=1S/C15H17F3N4O2S2/c1-9(2)7-19-12(23)8-25-14-22-21-13(26-14)20-10-3-5-11(6-4-10)24-15(16,17)18/h3-6,9H,7-8H2,1-2H3,(H,19,23)(H,20,21). The monoisotopic (exact) mass is 406 g/mol. The van der Waals surface area contributed by atoms with Crippen LogP contribution in [0.15, 0.2) is 28.6 Å². The van der Waals surface area contributed by atoms with Crippen LogP contribution in [0.25, 0.3) is 0 Å². The molecule has 1 aromatic heterocycles. The van der Waals surface area contributed by atoms with Crippen LogP contribution in [0.2, 0.25) is 0 Å². The van der Waals surface area contributed by atoms with Crippen molar-refractivity contribution >= 4 is 39.8 Å². The second-order valence-electron chi connectivity index (χ2n) is 5.56. The quantitative estimate of drug-likeness (QED) is 0.645. The summed E-state index contributed by atoms with van der Waals surface area (Å²) in [7, 11) is 0. The van der Waals surface area contributed by atoms with Crippen LogP contribution in [0.4, 0.5) is 24.0 Å². The first-order valence-corrected chi connectivity index (χ1v) is 9.37. The summed E-state index contributed by atoms with van der Waals surface area (Å²) in [4.78, 5) is 11.7. The second-order valence-corrected chi connectivity index (χ2v) is 7.76. The molecule has 2 N–H and O–H groups in total. The van der Waals surface area contributed by atoms with Crippen molar-refractivity contribution in [1.82, 2.24) is 15.5 Å². The number of rotatable bonds is 8. The Morgan fingerprint density at radius 3 is 2.58 bits per heavy atom. The molecule has 0 aliphatic rings. The van der Waals surface area contributed by atoms with Gasteiger partial charge in [-0.05, 0) is 30.2 Å². The topological polar surface area (TPSA) is 76.1 Å². The number of benzene rings is 1. The number of ether oxygens (including phenoxy) is 1. The number of alkyl halides is 3. The molecule has 1 amide bonds. The normalized spacial score (nSPS) is 11.5.